The van der Waals surface area contributed by atoms with Crippen molar-refractivity contribution >= 4 is 11.0 Å². The third-order valence-corrected chi connectivity index (χ3v) is 3.95. The first-order valence-corrected chi connectivity index (χ1v) is 6.93. The molecule has 3 nitrogen and oxygen atoms in total. The van der Waals surface area contributed by atoms with Crippen LogP contribution in [0.4, 0.5) is 0 Å². The van der Waals surface area contributed by atoms with Crippen LogP contribution >= 0.6 is 0 Å². The van der Waals surface area contributed by atoms with Gasteiger partial charge in [0, 0.05) is 16.5 Å². The Balaban J connectivity index is 2.11. The molecule has 0 fully saturated rings. The Bertz CT molecular complexity index is 935. The highest BCUT2D eigenvalue weighted by molar-refractivity contribution is 5.89. The number of hydrogen-bond acceptors (Lipinski definition) is 3. The van der Waals surface area contributed by atoms with E-state index >= 15 is 0 Å². The summed E-state index contributed by atoms with van der Waals surface area (Å²) in [4.78, 5) is 12.4. The summed E-state index contributed by atoms with van der Waals surface area (Å²) in [5.74, 6) is 0.751. The molecule has 21 heavy (non-hydrogen) atoms. The van der Waals surface area contributed by atoms with Gasteiger partial charge in [-0.15, -0.1) is 0 Å². The van der Waals surface area contributed by atoms with Crippen LogP contribution in [0.2, 0.25) is 0 Å². The average molecular weight is 278 g/mol. The molecule has 0 spiro atoms. The molecule has 104 valence electrons. The maximum absolute atomic E-state index is 12.4. The van der Waals surface area contributed by atoms with Crippen LogP contribution in [0.1, 0.15) is 16.7 Å². The van der Waals surface area contributed by atoms with Crippen LogP contribution < -0.4 is 10.4 Å². The van der Waals surface area contributed by atoms with Gasteiger partial charge in [-0.1, -0.05) is 24.3 Å². The van der Waals surface area contributed by atoms with Crippen molar-refractivity contribution in [3.8, 4) is 16.9 Å². The van der Waals surface area contributed by atoms with Crippen LogP contribution in [-0.4, -0.2) is 0 Å². The molecule has 0 saturated heterocycles. The Kier molecular flexibility index (Phi) is 2.45. The molecule has 0 radical (unpaired) electrons. The van der Waals surface area contributed by atoms with Crippen molar-refractivity contribution in [2.45, 2.75) is 20.5 Å². The van der Waals surface area contributed by atoms with E-state index in [0.29, 0.717) is 17.8 Å². The van der Waals surface area contributed by atoms with E-state index in [0.717, 1.165) is 33.4 Å². The Hall–Kier alpha value is -2.55. The minimum Gasteiger partial charge on any atom is -0.488 e. The molecule has 0 bridgehead atoms. The summed E-state index contributed by atoms with van der Waals surface area (Å²) in [6.45, 7) is 4.38. The summed E-state index contributed by atoms with van der Waals surface area (Å²) in [7, 11) is 0. The highest BCUT2D eigenvalue weighted by Crippen LogP contribution is 2.38. The summed E-state index contributed by atoms with van der Waals surface area (Å²) in [6, 6.07) is 11.8. The first kappa shape index (κ1) is 12.2. The lowest BCUT2D eigenvalue weighted by atomic mass is 9.95. The summed E-state index contributed by atoms with van der Waals surface area (Å²) in [5, 5.41) is 0.946. The number of rotatable bonds is 0. The standard InChI is InChI=1S/C18H14O3/c1-10-4-6-13-15(7-10)20-9-14-12-5-3-11(2)8-16(12)21-18(19)17(13)14/h3-8H,9H2,1-2H3. The Morgan fingerprint density at radius 3 is 2.62 bits per heavy atom. The van der Waals surface area contributed by atoms with Gasteiger partial charge >= 0.3 is 5.63 Å². The van der Waals surface area contributed by atoms with Gasteiger partial charge in [0.05, 0.1) is 5.56 Å². The van der Waals surface area contributed by atoms with Crippen LogP contribution in [0, 0.1) is 13.8 Å². The summed E-state index contributed by atoms with van der Waals surface area (Å²) in [5.41, 5.74) is 4.87. The summed E-state index contributed by atoms with van der Waals surface area (Å²) < 4.78 is 11.4. The zero-order valence-corrected chi connectivity index (χ0v) is 11.9. The van der Waals surface area contributed by atoms with Gasteiger partial charge in [0.25, 0.3) is 0 Å². The lowest BCUT2D eigenvalue weighted by Gasteiger charge is -2.21. The van der Waals surface area contributed by atoms with E-state index in [-0.39, 0.29) is 5.63 Å². The van der Waals surface area contributed by atoms with Gasteiger partial charge in [-0.25, -0.2) is 4.79 Å². The third-order valence-electron chi connectivity index (χ3n) is 3.95. The predicted molar refractivity (Wildman–Crippen MR) is 81.7 cm³/mol. The first-order valence-electron chi connectivity index (χ1n) is 6.93. The lowest BCUT2D eigenvalue weighted by Crippen LogP contribution is -2.15. The molecule has 3 heteroatoms. The molecular formula is C18H14O3. The number of aryl methyl sites for hydroxylation is 2. The summed E-state index contributed by atoms with van der Waals surface area (Å²) >= 11 is 0. The molecule has 1 aromatic heterocycles. The van der Waals surface area contributed by atoms with Crippen LogP contribution in [0.25, 0.3) is 22.1 Å². The van der Waals surface area contributed by atoms with Crippen molar-refractivity contribution in [2.75, 3.05) is 0 Å². The minimum atomic E-state index is -0.295. The Morgan fingerprint density at radius 1 is 1.00 bits per heavy atom. The fourth-order valence-electron chi connectivity index (χ4n) is 2.90. The molecule has 0 N–H and O–H groups in total. The predicted octanol–water partition coefficient (Wildman–Crippen LogP) is 3.97. The van der Waals surface area contributed by atoms with Crippen LogP contribution in [0.15, 0.2) is 45.6 Å². The van der Waals surface area contributed by atoms with Gasteiger partial charge in [0.15, 0.2) is 0 Å². The fourth-order valence-corrected chi connectivity index (χ4v) is 2.90. The van der Waals surface area contributed by atoms with Crippen LogP contribution in [0.5, 0.6) is 5.75 Å². The molecule has 0 saturated carbocycles. The van der Waals surface area contributed by atoms with E-state index in [4.69, 9.17) is 9.15 Å². The third kappa shape index (κ3) is 1.77. The van der Waals surface area contributed by atoms with Gasteiger partial charge in [-0.05, 0) is 37.1 Å². The molecule has 1 aliphatic heterocycles. The monoisotopic (exact) mass is 278 g/mol. The van der Waals surface area contributed by atoms with E-state index in [9.17, 15) is 4.79 Å². The molecule has 1 aliphatic rings. The number of benzene rings is 2. The fraction of sp³-hybridized carbons (Fsp3) is 0.167. The molecule has 2 aromatic carbocycles. The zero-order valence-electron chi connectivity index (χ0n) is 11.9. The smallest absolute Gasteiger partial charge is 0.344 e. The highest BCUT2D eigenvalue weighted by Gasteiger charge is 2.24. The van der Waals surface area contributed by atoms with Gasteiger partial charge in [0.2, 0.25) is 0 Å². The molecular weight excluding hydrogens is 264 g/mol. The lowest BCUT2D eigenvalue weighted by molar-refractivity contribution is 0.302. The van der Waals surface area contributed by atoms with Gasteiger partial charge in [-0.3, -0.25) is 0 Å². The molecule has 0 aliphatic carbocycles. The van der Waals surface area contributed by atoms with Gasteiger partial charge in [-0.2, -0.15) is 0 Å². The van der Waals surface area contributed by atoms with E-state index in [1.165, 1.54) is 0 Å². The molecule has 2 heterocycles. The van der Waals surface area contributed by atoms with E-state index in [1.54, 1.807) is 0 Å². The number of ether oxygens (including phenoxy) is 1. The SMILES string of the molecule is Cc1ccc2c(c1)OCc1c-2c(=O)oc2cc(C)ccc12. The van der Waals surface area contributed by atoms with Crippen LogP contribution in [0.3, 0.4) is 0 Å². The second-order valence-corrected chi connectivity index (χ2v) is 5.53. The largest absolute Gasteiger partial charge is 0.488 e. The van der Waals surface area contributed by atoms with Crippen molar-refractivity contribution in [1.82, 2.24) is 0 Å². The molecule has 0 unspecified atom stereocenters. The maximum Gasteiger partial charge on any atom is 0.344 e. The van der Waals surface area contributed by atoms with Crippen molar-refractivity contribution in [1.29, 1.82) is 0 Å². The molecule has 3 aromatic rings. The second kappa shape index (κ2) is 4.22. The zero-order chi connectivity index (χ0) is 14.6. The van der Waals surface area contributed by atoms with Crippen molar-refractivity contribution < 1.29 is 9.15 Å². The summed E-state index contributed by atoms with van der Waals surface area (Å²) in [6.07, 6.45) is 0. The van der Waals surface area contributed by atoms with E-state index in [1.807, 2.05) is 50.2 Å². The normalized spacial score (nSPS) is 12.7. The van der Waals surface area contributed by atoms with Crippen LogP contribution in [-0.2, 0) is 6.61 Å². The topological polar surface area (TPSA) is 39.4 Å². The molecule has 4 rings (SSSR count). The van der Waals surface area contributed by atoms with Gasteiger partial charge < -0.3 is 9.15 Å². The second-order valence-electron chi connectivity index (χ2n) is 5.53. The van der Waals surface area contributed by atoms with E-state index < -0.39 is 0 Å². The highest BCUT2D eigenvalue weighted by atomic mass is 16.5. The van der Waals surface area contributed by atoms with Crippen molar-refractivity contribution in [3.05, 3.63) is 63.5 Å². The molecule has 0 amide bonds. The Morgan fingerprint density at radius 2 is 1.76 bits per heavy atom. The van der Waals surface area contributed by atoms with Crippen molar-refractivity contribution in [2.24, 2.45) is 0 Å². The first-order chi connectivity index (χ1) is 10.1. The Labute approximate surface area is 121 Å². The van der Waals surface area contributed by atoms with E-state index in [2.05, 4.69) is 0 Å². The minimum absolute atomic E-state index is 0.295. The number of hydrogen-bond donors (Lipinski definition) is 0. The maximum atomic E-state index is 12.4. The molecule has 0 atom stereocenters. The number of fused-ring (bicyclic) bond motifs is 5. The average Bonchev–Trinajstić information content (AvgIpc) is 2.46. The quantitative estimate of drug-likeness (QED) is 0.584. The van der Waals surface area contributed by atoms with Crippen molar-refractivity contribution in [3.63, 3.8) is 0 Å². The van der Waals surface area contributed by atoms with Gasteiger partial charge in [0.1, 0.15) is 17.9 Å².